The summed E-state index contributed by atoms with van der Waals surface area (Å²) in [6, 6.07) is 10.7. The number of rotatable bonds is 6. The number of benzene rings is 1. The van der Waals surface area contributed by atoms with E-state index < -0.39 is 0 Å². The standard InChI is InChI=1S/C20H33N5O.HI/c1-16(2)17(3)23-20(21-4)22-11-10-19(26)25-14-12-24(13-15-25)18-8-6-5-7-9-18;/h5-9,16-17H,10-15H2,1-4H3,(H2,21,22,23);1H. The van der Waals surface area contributed by atoms with Gasteiger partial charge in [-0.05, 0) is 25.0 Å². The van der Waals surface area contributed by atoms with Gasteiger partial charge < -0.3 is 20.4 Å². The normalized spacial score (nSPS) is 16.0. The van der Waals surface area contributed by atoms with E-state index in [9.17, 15) is 4.79 Å². The zero-order valence-electron chi connectivity index (χ0n) is 16.9. The van der Waals surface area contributed by atoms with Crippen LogP contribution in [0.3, 0.4) is 0 Å². The number of para-hydroxylation sites is 1. The minimum atomic E-state index is 0. The van der Waals surface area contributed by atoms with Crippen LogP contribution in [0.5, 0.6) is 0 Å². The van der Waals surface area contributed by atoms with Gasteiger partial charge in [0.05, 0.1) is 0 Å². The van der Waals surface area contributed by atoms with Crippen LogP contribution in [0.15, 0.2) is 35.3 Å². The molecule has 27 heavy (non-hydrogen) atoms. The molecule has 0 bridgehead atoms. The van der Waals surface area contributed by atoms with E-state index in [1.807, 2.05) is 11.0 Å². The lowest BCUT2D eigenvalue weighted by Gasteiger charge is -2.36. The highest BCUT2D eigenvalue weighted by Crippen LogP contribution is 2.15. The lowest BCUT2D eigenvalue weighted by atomic mass is 10.1. The summed E-state index contributed by atoms with van der Waals surface area (Å²) in [5, 5.41) is 6.59. The molecule has 1 amide bonds. The second kappa shape index (κ2) is 12.0. The fourth-order valence-electron chi connectivity index (χ4n) is 2.88. The van der Waals surface area contributed by atoms with E-state index in [0.717, 1.165) is 32.1 Å². The maximum atomic E-state index is 12.4. The number of amides is 1. The van der Waals surface area contributed by atoms with E-state index in [1.54, 1.807) is 7.05 Å². The highest BCUT2D eigenvalue weighted by atomic mass is 127. The molecule has 152 valence electrons. The Morgan fingerprint density at radius 1 is 1.11 bits per heavy atom. The van der Waals surface area contributed by atoms with E-state index in [1.165, 1.54) is 5.69 Å². The van der Waals surface area contributed by atoms with Gasteiger partial charge in [0, 0.05) is 57.9 Å². The lowest BCUT2D eigenvalue weighted by Crippen LogP contribution is -2.50. The van der Waals surface area contributed by atoms with Crippen LogP contribution in [-0.2, 0) is 4.79 Å². The van der Waals surface area contributed by atoms with Crippen LogP contribution >= 0.6 is 24.0 Å². The molecule has 1 aromatic carbocycles. The Balaban J connectivity index is 0.00000364. The number of halogens is 1. The largest absolute Gasteiger partial charge is 0.368 e. The Bertz CT molecular complexity index is 585. The number of aliphatic imine (C=N–C) groups is 1. The summed E-state index contributed by atoms with van der Waals surface area (Å²) in [5.74, 6) is 1.49. The molecule has 0 spiro atoms. The van der Waals surface area contributed by atoms with Crippen molar-refractivity contribution >= 4 is 41.5 Å². The predicted molar refractivity (Wildman–Crippen MR) is 124 cm³/mol. The van der Waals surface area contributed by atoms with Gasteiger partial charge in [-0.25, -0.2) is 0 Å². The van der Waals surface area contributed by atoms with E-state index in [2.05, 4.69) is 65.6 Å². The fourth-order valence-corrected chi connectivity index (χ4v) is 2.88. The maximum absolute atomic E-state index is 12.4. The van der Waals surface area contributed by atoms with E-state index in [0.29, 0.717) is 24.9 Å². The third kappa shape index (κ3) is 7.56. The summed E-state index contributed by atoms with van der Waals surface area (Å²) in [6.07, 6.45) is 0.488. The molecular weight excluding hydrogens is 453 g/mol. The first-order valence-corrected chi connectivity index (χ1v) is 9.56. The van der Waals surface area contributed by atoms with Crippen molar-refractivity contribution in [1.82, 2.24) is 15.5 Å². The van der Waals surface area contributed by atoms with Crippen molar-refractivity contribution in [2.24, 2.45) is 10.9 Å². The molecule has 6 nitrogen and oxygen atoms in total. The number of hydrogen-bond acceptors (Lipinski definition) is 3. The first-order chi connectivity index (χ1) is 12.5. The Hall–Kier alpha value is -1.51. The number of hydrogen-bond donors (Lipinski definition) is 2. The van der Waals surface area contributed by atoms with Crippen LogP contribution in [0.25, 0.3) is 0 Å². The summed E-state index contributed by atoms with van der Waals surface area (Å²) in [4.78, 5) is 21.0. The zero-order chi connectivity index (χ0) is 18.9. The van der Waals surface area contributed by atoms with Crippen LogP contribution in [0.1, 0.15) is 27.2 Å². The third-order valence-electron chi connectivity index (χ3n) is 4.97. The van der Waals surface area contributed by atoms with Crippen LogP contribution in [-0.4, -0.2) is 62.6 Å². The molecule has 2 N–H and O–H groups in total. The fraction of sp³-hybridized carbons (Fsp3) is 0.600. The van der Waals surface area contributed by atoms with Crippen molar-refractivity contribution in [3.05, 3.63) is 30.3 Å². The smallest absolute Gasteiger partial charge is 0.224 e. The quantitative estimate of drug-likeness (QED) is 0.368. The molecule has 0 aliphatic carbocycles. The molecule has 0 saturated carbocycles. The van der Waals surface area contributed by atoms with E-state index in [-0.39, 0.29) is 29.9 Å². The minimum Gasteiger partial charge on any atom is -0.368 e. The number of anilines is 1. The summed E-state index contributed by atoms with van der Waals surface area (Å²) < 4.78 is 0. The van der Waals surface area contributed by atoms with Gasteiger partial charge in [0.15, 0.2) is 5.96 Å². The molecule has 0 aromatic heterocycles. The van der Waals surface area contributed by atoms with Crippen molar-refractivity contribution < 1.29 is 4.79 Å². The van der Waals surface area contributed by atoms with Crippen molar-refractivity contribution in [1.29, 1.82) is 0 Å². The van der Waals surface area contributed by atoms with Gasteiger partial charge in [-0.3, -0.25) is 9.79 Å². The minimum absolute atomic E-state index is 0. The van der Waals surface area contributed by atoms with Crippen LogP contribution < -0.4 is 15.5 Å². The molecule has 1 unspecified atom stereocenters. The second-order valence-corrected chi connectivity index (χ2v) is 7.13. The molecule has 1 atom stereocenters. The van der Waals surface area contributed by atoms with Crippen LogP contribution in [0.4, 0.5) is 5.69 Å². The molecule has 7 heteroatoms. The summed E-state index contributed by atoms with van der Waals surface area (Å²) >= 11 is 0. The number of nitrogens with one attached hydrogen (secondary N) is 2. The molecule has 1 aliphatic rings. The van der Waals surface area contributed by atoms with Crippen molar-refractivity contribution in [2.75, 3.05) is 44.7 Å². The highest BCUT2D eigenvalue weighted by molar-refractivity contribution is 14.0. The van der Waals surface area contributed by atoms with Gasteiger partial charge in [0.2, 0.25) is 5.91 Å². The number of nitrogens with zero attached hydrogens (tertiary/aromatic N) is 3. The first-order valence-electron chi connectivity index (χ1n) is 9.56. The Morgan fingerprint density at radius 2 is 1.74 bits per heavy atom. The van der Waals surface area contributed by atoms with E-state index in [4.69, 9.17) is 0 Å². The Kier molecular flexibility index (Phi) is 10.5. The Morgan fingerprint density at radius 3 is 2.30 bits per heavy atom. The van der Waals surface area contributed by atoms with Gasteiger partial charge in [0.25, 0.3) is 0 Å². The maximum Gasteiger partial charge on any atom is 0.224 e. The second-order valence-electron chi connectivity index (χ2n) is 7.13. The SMILES string of the molecule is CN=C(NCCC(=O)N1CCN(c2ccccc2)CC1)NC(C)C(C)C.I. The molecule has 1 heterocycles. The average Bonchev–Trinajstić information content (AvgIpc) is 2.67. The van der Waals surface area contributed by atoms with E-state index >= 15 is 0 Å². The molecule has 1 aliphatic heterocycles. The average molecular weight is 487 g/mol. The summed E-state index contributed by atoms with van der Waals surface area (Å²) in [6.45, 7) is 10.4. The molecule has 1 fully saturated rings. The molecule has 0 radical (unpaired) electrons. The summed E-state index contributed by atoms with van der Waals surface area (Å²) in [7, 11) is 1.76. The molecular formula is C20H34IN5O. The monoisotopic (exact) mass is 487 g/mol. The number of piperazine rings is 1. The van der Waals surface area contributed by atoms with Crippen LogP contribution in [0.2, 0.25) is 0 Å². The van der Waals surface area contributed by atoms with Gasteiger partial charge in [-0.15, -0.1) is 24.0 Å². The van der Waals surface area contributed by atoms with Crippen molar-refractivity contribution in [3.8, 4) is 0 Å². The van der Waals surface area contributed by atoms with Crippen LogP contribution in [0, 0.1) is 5.92 Å². The number of carbonyl (C=O) groups excluding carboxylic acids is 1. The topological polar surface area (TPSA) is 60.0 Å². The summed E-state index contributed by atoms with van der Waals surface area (Å²) in [5.41, 5.74) is 1.23. The van der Waals surface area contributed by atoms with Gasteiger partial charge in [0.1, 0.15) is 0 Å². The molecule has 1 aromatic rings. The first kappa shape index (κ1) is 23.5. The van der Waals surface area contributed by atoms with Crippen molar-refractivity contribution in [3.63, 3.8) is 0 Å². The number of carbonyl (C=O) groups is 1. The number of guanidine groups is 1. The van der Waals surface area contributed by atoms with Gasteiger partial charge >= 0.3 is 0 Å². The predicted octanol–water partition coefficient (Wildman–Crippen LogP) is 2.55. The van der Waals surface area contributed by atoms with Gasteiger partial charge in [-0.1, -0.05) is 32.0 Å². The van der Waals surface area contributed by atoms with Crippen molar-refractivity contribution in [2.45, 2.75) is 33.2 Å². The van der Waals surface area contributed by atoms with Gasteiger partial charge in [-0.2, -0.15) is 0 Å². The third-order valence-corrected chi connectivity index (χ3v) is 4.97. The molecule has 2 rings (SSSR count). The zero-order valence-corrected chi connectivity index (χ0v) is 19.3. The molecule has 1 saturated heterocycles. The highest BCUT2D eigenvalue weighted by Gasteiger charge is 2.21. The lowest BCUT2D eigenvalue weighted by molar-refractivity contribution is -0.131. The Labute approximate surface area is 180 Å².